The summed E-state index contributed by atoms with van der Waals surface area (Å²) in [5.74, 6) is -0.193. The zero-order valence-electron chi connectivity index (χ0n) is 11.9. The second-order valence-electron chi connectivity index (χ2n) is 5.07. The predicted molar refractivity (Wildman–Crippen MR) is 79.9 cm³/mol. The molecule has 1 saturated carbocycles. The molecule has 0 aliphatic heterocycles. The average Bonchev–Trinajstić information content (AvgIpc) is 2.40. The molecule has 1 aliphatic carbocycles. The molecular formula is C13H24I2NO3-. The van der Waals surface area contributed by atoms with Crippen molar-refractivity contribution >= 4 is 28.6 Å². The van der Waals surface area contributed by atoms with Crippen LogP contribution in [0.4, 0.5) is 0 Å². The number of ether oxygens (including phenoxy) is 2. The van der Waals surface area contributed by atoms with E-state index in [0.717, 1.165) is 12.8 Å². The van der Waals surface area contributed by atoms with E-state index < -0.39 is 3.42 Å². The van der Waals surface area contributed by atoms with Crippen molar-refractivity contribution in [3.05, 3.63) is 0 Å². The van der Waals surface area contributed by atoms with Gasteiger partial charge >= 0.3 is 141 Å². The number of hydrogen-bond donors (Lipinski definition) is 1. The van der Waals surface area contributed by atoms with Crippen molar-refractivity contribution in [2.45, 2.75) is 61.5 Å². The molecule has 0 saturated heterocycles. The van der Waals surface area contributed by atoms with Gasteiger partial charge in [-0.1, -0.05) is 0 Å². The van der Waals surface area contributed by atoms with E-state index in [4.69, 9.17) is 9.47 Å². The molecule has 19 heavy (non-hydrogen) atoms. The Labute approximate surface area is 140 Å². The van der Waals surface area contributed by atoms with E-state index in [1.165, 1.54) is 19.3 Å². The second kappa shape index (κ2) is 8.99. The van der Waals surface area contributed by atoms with Crippen LogP contribution in [-0.4, -0.2) is 33.3 Å². The van der Waals surface area contributed by atoms with Crippen LogP contribution in [-0.2, 0) is 14.3 Å². The van der Waals surface area contributed by atoms with Crippen LogP contribution >= 0.6 is 22.6 Å². The monoisotopic (exact) mass is 496 g/mol. The molecule has 0 radical (unpaired) electrons. The van der Waals surface area contributed by atoms with E-state index >= 15 is 0 Å². The number of carbonyl (C=O) groups is 1. The van der Waals surface area contributed by atoms with Gasteiger partial charge in [0, 0.05) is 0 Å². The minimum absolute atomic E-state index is 0.0426. The maximum atomic E-state index is 12.1. The van der Waals surface area contributed by atoms with E-state index in [0.29, 0.717) is 0 Å². The summed E-state index contributed by atoms with van der Waals surface area (Å²) in [7, 11) is 0. The van der Waals surface area contributed by atoms with Crippen LogP contribution < -0.4 is 25.0 Å². The number of hydrogen-bond acceptors (Lipinski definition) is 4. The van der Waals surface area contributed by atoms with E-state index in [2.05, 4.69) is 31.1 Å². The van der Waals surface area contributed by atoms with Crippen molar-refractivity contribution in [3.63, 3.8) is 0 Å². The van der Waals surface area contributed by atoms with Gasteiger partial charge in [-0.2, -0.15) is 0 Å². The first kappa shape index (κ1) is 17.9. The van der Waals surface area contributed by atoms with Crippen molar-refractivity contribution in [1.82, 2.24) is 3.53 Å². The fourth-order valence-electron chi connectivity index (χ4n) is 2.00. The topological polar surface area (TPSA) is 47.6 Å². The molecule has 1 aliphatic rings. The van der Waals surface area contributed by atoms with Gasteiger partial charge in [0.25, 0.3) is 0 Å². The predicted octanol–water partition coefficient (Wildman–Crippen LogP) is -0.358. The van der Waals surface area contributed by atoms with Crippen molar-refractivity contribution in [2.75, 3.05) is 11.7 Å². The quantitative estimate of drug-likeness (QED) is 0.172. The summed E-state index contributed by atoms with van der Waals surface area (Å²) < 4.78 is 13.7. The molecule has 1 rings (SSSR count). The van der Waals surface area contributed by atoms with Crippen LogP contribution in [0.15, 0.2) is 0 Å². The Morgan fingerprint density at radius 1 is 1.47 bits per heavy atom. The summed E-state index contributed by atoms with van der Waals surface area (Å²) >= 11 is 2.13. The fraction of sp³-hybridized carbons (Fsp3) is 0.923. The van der Waals surface area contributed by atoms with Crippen molar-refractivity contribution < 1.29 is 35.7 Å². The van der Waals surface area contributed by atoms with E-state index in [9.17, 15) is 4.79 Å². The van der Waals surface area contributed by atoms with Gasteiger partial charge in [-0.25, -0.2) is 0 Å². The van der Waals surface area contributed by atoms with Gasteiger partial charge in [0.1, 0.15) is 0 Å². The molecule has 0 bridgehead atoms. The summed E-state index contributed by atoms with van der Waals surface area (Å²) in [6.45, 7) is 4.03. The van der Waals surface area contributed by atoms with Crippen LogP contribution in [0.5, 0.6) is 0 Å². The molecule has 0 aromatic heterocycles. The number of carbonyl (C=O) groups excluding carboxylic acids is 1. The zero-order chi connectivity index (χ0) is 14.3. The van der Waals surface area contributed by atoms with Crippen molar-refractivity contribution in [1.29, 1.82) is 0 Å². The van der Waals surface area contributed by atoms with Crippen LogP contribution in [0.3, 0.4) is 0 Å². The van der Waals surface area contributed by atoms with Gasteiger partial charge in [-0.3, -0.25) is 0 Å². The summed E-state index contributed by atoms with van der Waals surface area (Å²) in [5, 5.41) is 0. The van der Waals surface area contributed by atoms with Gasteiger partial charge in [0.05, 0.1) is 0 Å². The van der Waals surface area contributed by atoms with Crippen LogP contribution in [0, 0.1) is 0 Å². The molecule has 0 amide bonds. The molecular weight excluding hydrogens is 472 g/mol. The van der Waals surface area contributed by atoms with Crippen LogP contribution in [0.1, 0.15) is 46.0 Å². The fourth-order valence-corrected chi connectivity index (χ4v) is 4.46. The molecule has 6 heteroatoms. The van der Waals surface area contributed by atoms with Gasteiger partial charge in [0.15, 0.2) is 0 Å². The Hall–Kier alpha value is 0.850. The summed E-state index contributed by atoms with van der Waals surface area (Å²) in [6, 6.07) is 0.119. The molecule has 1 N–H and O–H groups in total. The van der Waals surface area contributed by atoms with Gasteiger partial charge in [-0.15, -0.1) is 0 Å². The Kier molecular flexibility index (Phi) is 8.47. The van der Waals surface area contributed by atoms with E-state index in [1.807, 2.05) is 13.8 Å². The molecule has 4 nitrogen and oxygen atoms in total. The number of nitrogens with one attached hydrogen (secondary N) is 1. The summed E-state index contributed by atoms with van der Waals surface area (Å²) in [6.07, 6.45) is 6.22. The number of rotatable bonds is 7. The standard InChI is InChI=1S/C13H24I2NO3/c1-10(16-15-3)13(2,14)12(17)19-9-18-11-7-5-4-6-8-11/h10-11,16H,4-9H2,1-3H3/q-1. The Balaban J connectivity index is 2.29. The first-order chi connectivity index (χ1) is 8.98. The van der Waals surface area contributed by atoms with Crippen molar-refractivity contribution in [2.24, 2.45) is 0 Å². The number of halogens is 2. The average molecular weight is 496 g/mol. The minimum atomic E-state index is -0.538. The number of esters is 1. The zero-order valence-corrected chi connectivity index (χ0v) is 16.2. The van der Waals surface area contributed by atoms with Crippen LogP contribution in [0.25, 0.3) is 0 Å². The summed E-state index contributed by atoms with van der Waals surface area (Å²) in [5.41, 5.74) is 0. The Morgan fingerprint density at radius 2 is 2.11 bits per heavy atom. The third kappa shape index (κ3) is 6.01. The molecule has 2 atom stereocenters. The molecule has 0 spiro atoms. The second-order valence-corrected chi connectivity index (χ2v) is 9.01. The first-order valence-corrected chi connectivity index (χ1v) is 11.0. The molecule has 0 heterocycles. The van der Waals surface area contributed by atoms with Crippen molar-refractivity contribution in [3.8, 4) is 0 Å². The van der Waals surface area contributed by atoms with E-state index in [-0.39, 0.29) is 46.4 Å². The normalized spacial score (nSPS) is 21.9. The Bertz CT molecular complexity index is 281. The molecule has 114 valence electrons. The molecule has 1 fully saturated rings. The third-order valence-electron chi connectivity index (χ3n) is 3.53. The van der Waals surface area contributed by atoms with Gasteiger partial charge in [0.2, 0.25) is 0 Å². The van der Waals surface area contributed by atoms with Gasteiger partial charge in [-0.05, 0) is 0 Å². The molecule has 2 unspecified atom stereocenters. The third-order valence-corrected chi connectivity index (χ3v) is 6.46. The molecule has 0 aromatic rings. The molecule has 0 aromatic carbocycles. The van der Waals surface area contributed by atoms with E-state index in [1.54, 1.807) is 0 Å². The SMILES string of the molecule is C[I-]NC(C)C(C)(I)C(=O)OCOC1CCCCC1. The van der Waals surface area contributed by atoms with Crippen LogP contribution in [0.2, 0.25) is 0 Å². The Morgan fingerprint density at radius 3 is 2.68 bits per heavy atom. The number of alkyl halides is 2. The summed E-state index contributed by atoms with van der Waals surface area (Å²) in [4.78, 5) is 14.2. The maximum absolute atomic E-state index is 12.1. The first-order valence-electron chi connectivity index (χ1n) is 6.70. The van der Waals surface area contributed by atoms with Gasteiger partial charge < -0.3 is 0 Å².